The van der Waals surface area contributed by atoms with Crippen LogP contribution in [-0.4, -0.2) is 58.5 Å². The fraction of sp³-hybridized carbons (Fsp3) is 0.273. The first-order valence-electron chi connectivity index (χ1n) is 9.95. The second-order valence-corrected chi connectivity index (χ2v) is 6.97. The summed E-state index contributed by atoms with van der Waals surface area (Å²) in [7, 11) is 1.50. The van der Waals surface area contributed by atoms with E-state index in [0.717, 1.165) is 27.8 Å². The Labute approximate surface area is 171 Å². The SMILES string of the molecule is [2H]c1cc(-c2ccc3ncnc(N4CCN(C(=O)C=C)CC4C)c3c2)cnc1OC. The van der Waals surface area contributed by atoms with Crippen LogP contribution in [0.2, 0.25) is 0 Å². The number of aromatic nitrogens is 3. The lowest BCUT2D eigenvalue weighted by Gasteiger charge is -2.40. The lowest BCUT2D eigenvalue weighted by molar-refractivity contribution is -0.126. The normalized spacial score (nSPS) is 17.2. The van der Waals surface area contributed by atoms with Crippen LogP contribution in [0.3, 0.4) is 0 Å². The Kier molecular flexibility index (Phi) is 4.78. The van der Waals surface area contributed by atoms with Crippen molar-refractivity contribution in [3.8, 4) is 17.0 Å². The van der Waals surface area contributed by atoms with Gasteiger partial charge >= 0.3 is 0 Å². The zero-order valence-corrected chi connectivity index (χ0v) is 16.5. The molecule has 1 saturated heterocycles. The lowest BCUT2D eigenvalue weighted by atomic mass is 10.0. The highest BCUT2D eigenvalue weighted by atomic mass is 16.5. The minimum absolute atomic E-state index is 0.0467. The molecule has 29 heavy (non-hydrogen) atoms. The van der Waals surface area contributed by atoms with Gasteiger partial charge in [0.1, 0.15) is 12.1 Å². The summed E-state index contributed by atoms with van der Waals surface area (Å²) in [6, 6.07) is 8.02. The molecular weight excluding hydrogens is 366 g/mol. The molecule has 1 amide bonds. The van der Waals surface area contributed by atoms with E-state index in [-0.39, 0.29) is 18.0 Å². The molecule has 7 nitrogen and oxygen atoms in total. The topological polar surface area (TPSA) is 71.5 Å². The molecular formula is C22H23N5O2. The zero-order chi connectivity index (χ0) is 21.3. The molecule has 0 bridgehead atoms. The van der Waals surface area contributed by atoms with Gasteiger partial charge in [0.2, 0.25) is 11.8 Å². The van der Waals surface area contributed by atoms with E-state index >= 15 is 0 Å². The van der Waals surface area contributed by atoms with Crippen LogP contribution in [0, 0.1) is 0 Å². The van der Waals surface area contributed by atoms with Crippen LogP contribution in [0.1, 0.15) is 8.29 Å². The number of nitrogens with zero attached hydrogens (tertiary/aromatic N) is 5. The van der Waals surface area contributed by atoms with Crippen molar-refractivity contribution >= 4 is 22.6 Å². The zero-order valence-electron chi connectivity index (χ0n) is 17.5. The molecule has 0 aliphatic carbocycles. The Bertz CT molecular complexity index is 1120. The molecule has 1 fully saturated rings. The highest BCUT2D eigenvalue weighted by Gasteiger charge is 2.27. The van der Waals surface area contributed by atoms with Crippen LogP contribution in [-0.2, 0) is 4.79 Å². The van der Waals surface area contributed by atoms with Crippen molar-refractivity contribution in [2.24, 2.45) is 0 Å². The Hall–Kier alpha value is -3.48. The summed E-state index contributed by atoms with van der Waals surface area (Å²) in [6.45, 7) is 7.57. The number of ether oxygens (including phenoxy) is 1. The molecule has 148 valence electrons. The van der Waals surface area contributed by atoms with Gasteiger partial charge in [0.25, 0.3) is 0 Å². The molecule has 0 N–H and O–H groups in total. The van der Waals surface area contributed by atoms with Crippen molar-refractivity contribution in [1.82, 2.24) is 19.9 Å². The highest BCUT2D eigenvalue weighted by molar-refractivity contribution is 5.93. The molecule has 0 saturated carbocycles. The fourth-order valence-corrected chi connectivity index (χ4v) is 3.66. The van der Waals surface area contributed by atoms with Crippen molar-refractivity contribution in [2.45, 2.75) is 13.0 Å². The van der Waals surface area contributed by atoms with E-state index in [1.54, 1.807) is 18.6 Å². The molecule has 0 spiro atoms. The third-order valence-electron chi connectivity index (χ3n) is 5.20. The molecule has 1 aliphatic heterocycles. The van der Waals surface area contributed by atoms with Crippen LogP contribution >= 0.6 is 0 Å². The van der Waals surface area contributed by atoms with Gasteiger partial charge in [0, 0.05) is 48.9 Å². The largest absolute Gasteiger partial charge is 0.481 e. The van der Waals surface area contributed by atoms with Gasteiger partial charge in [-0.25, -0.2) is 15.0 Å². The van der Waals surface area contributed by atoms with Crippen molar-refractivity contribution in [3.63, 3.8) is 0 Å². The van der Waals surface area contributed by atoms with Crippen molar-refractivity contribution in [1.29, 1.82) is 0 Å². The average Bonchev–Trinajstić information content (AvgIpc) is 2.77. The van der Waals surface area contributed by atoms with Gasteiger partial charge in [0.05, 0.1) is 14.0 Å². The van der Waals surface area contributed by atoms with E-state index in [2.05, 4.69) is 33.4 Å². The number of amides is 1. The molecule has 7 heteroatoms. The molecule has 3 heterocycles. The van der Waals surface area contributed by atoms with Gasteiger partial charge in [-0.15, -0.1) is 0 Å². The van der Waals surface area contributed by atoms with Crippen LogP contribution in [0.15, 0.2) is 55.5 Å². The first kappa shape index (κ1) is 17.6. The minimum atomic E-state index is -0.0467. The molecule has 2 aromatic heterocycles. The Morgan fingerprint density at radius 3 is 2.86 bits per heavy atom. The summed E-state index contributed by atoms with van der Waals surface area (Å²) in [5.41, 5.74) is 2.59. The first-order valence-corrected chi connectivity index (χ1v) is 9.45. The number of carbonyl (C=O) groups excluding carboxylic acids is 1. The summed E-state index contributed by atoms with van der Waals surface area (Å²) in [6.07, 6.45) is 4.63. The predicted molar refractivity (Wildman–Crippen MR) is 113 cm³/mol. The second-order valence-electron chi connectivity index (χ2n) is 6.97. The van der Waals surface area contributed by atoms with Gasteiger partial charge in [-0.3, -0.25) is 4.79 Å². The number of carbonyl (C=O) groups is 1. The van der Waals surface area contributed by atoms with Gasteiger partial charge in [0.15, 0.2) is 0 Å². The molecule has 1 aliphatic rings. The maximum Gasteiger partial charge on any atom is 0.246 e. The van der Waals surface area contributed by atoms with Crippen molar-refractivity contribution in [2.75, 3.05) is 31.6 Å². The molecule has 3 aromatic rings. The summed E-state index contributed by atoms with van der Waals surface area (Å²) in [4.78, 5) is 29.2. The van der Waals surface area contributed by atoms with E-state index in [0.29, 0.717) is 25.5 Å². The van der Waals surface area contributed by atoms with Gasteiger partial charge in [-0.2, -0.15) is 0 Å². The minimum Gasteiger partial charge on any atom is -0.481 e. The summed E-state index contributed by atoms with van der Waals surface area (Å²) >= 11 is 0. The number of pyridine rings is 1. The predicted octanol–water partition coefficient (Wildman–Crippen LogP) is 2.92. The quantitative estimate of drug-likeness (QED) is 0.638. The number of benzene rings is 1. The van der Waals surface area contributed by atoms with E-state index in [1.165, 1.54) is 13.2 Å². The molecule has 1 atom stereocenters. The summed E-state index contributed by atoms with van der Waals surface area (Å²) in [5, 5.41) is 0.924. The lowest BCUT2D eigenvalue weighted by Crippen LogP contribution is -2.53. The van der Waals surface area contributed by atoms with E-state index in [4.69, 9.17) is 6.11 Å². The van der Waals surface area contributed by atoms with Gasteiger partial charge in [-0.05, 0) is 36.8 Å². The monoisotopic (exact) mass is 390 g/mol. The maximum atomic E-state index is 12.0. The van der Waals surface area contributed by atoms with Crippen LogP contribution < -0.4 is 9.64 Å². The van der Waals surface area contributed by atoms with Crippen LogP contribution in [0.25, 0.3) is 22.0 Å². The summed E-state index contributed by atoms with van der Waals surface area (Å²) in [5.74, 6) is 1.09. The summed E-state index contributed by atoms with van der Waals surface area (Å²) < 4.78 is 13.2. The Balaban J connectivity index is 1.71. The average molecular weight is 390 g/mol. The Morgan fingerprint density at radius 2 is 2.14 bits per heavy atom. The highest BCUT2D eigenvalue weighted by Crippen LogP contribution is 2.30. The number of rotatable bonds is 4. The van der Waals surface area contributed by atoms with Gasteiger partial charge < -0.3 is 14.5 Å². The maximum absolute atomic E-state index is 12.0. The standard InChI is InChI=1S/C22H23N5O2/c1-4-21(28)26-9-10-27(15(2)13-26)22-18-11-16(5-7-19(18)24-14-25-22)17-6-8-20(29-3)23-12-17/h4-8,11-12,14-15H,1,9-10,13H2,2-3H3/i8D. The second kappa shape index (κ2) is 7.87. The smallest absolute Gasteiger partial charge is 0.246 e. The molecule has 4 rings (SSSR count). The number of hydrogen-bond donors (Lipinski definition) is 0. The fourth-order valence-electron chi connectivity index (χ4n) is 3.66. The van der Waals surface area contributed by atoms with Crippen molar-refractivity contribution < 1.29 is 10.9 Å². The number of anilines is 1. The van der Waals surface area contributed by atoms with E-state index < -0.39 is 0 Å². The number of hydrogen-bond acceptors (Lipinski definition) is 6. The third-order valence-corrected chi connectivity index (χ3v) is 5.20. The van der Waals surface area contributed by atoms with Crippen LogP contribution in [0.4, 0.5) is 5.82 Å². The van der Waals surface area contributed by atoms with Crippen molar-refractivity contribution in [3.05, 3.63) is 55.5 Å². The van der Waals surface area contributed by atoms with Gasteiger partial charge in [-0.1, -0.05) is 12.6 Å². The van der Waals surface area contributed by atoms with E-state index in [9.17, 15) is 4.79 Å². The third kappa shape index (κ3) is 3.63. The molecule has 1 aromatic carbocycles. The molecule has 1 unspecified atom stereocenters. The number of methoxy groups -OCH3 is 1. The number of piperazine rings is 1. The first-order chi connectivity index (χ1) is 14.5. The number of fused-ring (bicyclic) bond motifs is 1. The van der Waals surface area contributed by atoms with Crippen LogP contribution in [0.5, 0.6) is 5.88 Å². The Morgan fingerprint density at radius 1 is 1.28 bits per heavy atom. The molecule has 0 radical (unpaired) electrons. The van der Waals surface area contributed by atoms with E-state index in [1.807, 2.05) is 23.1 Å².